The zero-order valence-corrected chi connectivity index (χ0v) is 18.4. The maximum atomic E-state index is 12.5. The molecule has 0 aliphatic carbocycles. The number of carbonyl (C=O) groups is 1. The molecule has 1 N–H and O–H groups in total. The fraction of sp³-hybridized carbons (Fsp3) is 0.250. The number of thioether (sulfide) groups is 1. The molecule has 0 radical (unpaired) electrons. The predicted molar refractivity (Wildman–Crippen MR) is 123 cm³/mol. The van der Waals surface area contributed by atoms with Crippen molar-refractivity contribution < 1.29 is 4.79 Å². The molecule has 2 aromatic carbocycles. The molecule has 3 rings (SSSR count). The minimum Gasteiger partial charge on any atom is -0.267 e. The summed E-state index contributed by atoms with van der Waals surface area (Å²) >= 11 is 1.59. The number of nitrogens with one attached hydrogen (secondary N) is 1. The summed E-state index contributed by atoms with van der Waals surface area (Å²) in [7, 11) is 0. The molecule has 6 heteroatoms. The van der Waals surface area contributed by atoms with Crippen molar-refractivity contribution in [3.63, 3.8) is 0 Å². The summed E-state index contributed by atoms with van der Waals surface area (Å²) in [5.41, 5.74) is 8.24. The Balaban J connectivity index is 1.61. The highest BCUT2D eigenvalue weighted by Gasteiger charge is 2.08. The third kappa shape index (κ3) is 6.26. The lowest BCUT2D eigenvalue weighted by atomic mass is 10.1. The minimum absolute atomic E-state index is 0.212. The molecule has 0 atom stereocenters. The van der Waals surface area contributed by atoms with Crippen LogP contribution in [0.25, 0.3) is 0 Å². The number of aromatic nitrogens is 2. The van der Waals surface area contributed by atoms with Gasteiger partial charge < -0.3 is 0 Å². The van der Waals surface area contributed by atoms with E-state index in [0.717, 1.165) is 52.0 Å². The van der Waals surface area contributed by atoms with Crippen LogP contribution in [0, 0.1) is 13.8 Å². The summed E-state index contributed by atoms with van der Waals surface area (Å²) in [6.07, 6.45) is 1.76. The van der Waals surface area contributed by atoms with Gasteiger partial charge >= 0.3 is 0 Å². The smallest absolute Gasteiger partial charge is 0.267 e. The van der Waals surface area contributed by atoms with Gasteiger partial charge in [-0.2, -0.15) is 5.10 Å². The molecule has 0 saturated heterocycles. The van der Waals surface area contributed by atoms with Gasteiger partial charge in [-0.1, -0.05) is 67.6 Å². The summed E-state index contributed by atoms with van der Waals surface area (Å²) in [6, 6.07) is 19.5. The van der Waals surface area contributed by atoms with Crippen molar-refractivity contribution in [2.24, 2.45) is 5.10 Å². The fourth-order valence-electron chi connectivity index (χ4n) is 2.97. The average molecular weight is 419 g/mol. The van der Waals surface area contributed by atoms with Gasteiger partial charge in [-0.3, -0.25) is 4.79 Å². The van der Waals surface area contributed by atoms with Gasteiger partial charge in [0.15, 0.2) is 5.16 Å². The van der Waals surface area contributed by atoms with E-state index in [1.165, 1.54) is 0 Å². The number of rotatable bonds is 8. The van der Waals surface area contributed by atoms with E-state index >= 15 is 0 Å². The second-order valence-electron chi connectivity index (χ2n) is 7.03. The van der Waals surface area contributed by atoms with Crippen LogP contribution >= 0.6 is 11.8 Å². The first-order chi connectivity index (χ1) is 14.5. The lowest BCUT2D eigenvalue weighted by molar-refractivity contribution is 0.0955. The second-order valence-corrected chi connectivity index (χ2v) is 7.98. The van der Waals surface area contributed by atoms with Crippen molar-refractivity contribution >= 4 is 23.4 Å². The topological polar surface area (TPSA) is 67.2 Å². The molecule has 30 heavy (non-hydrogen) atoms. The van der Waals surface area contributed by atoms with Crippen LogP contribution in [0.15, 0.2) is 70.9 Å². The van der Waals surface area contributed by atoms with Crippen molar-refractivity contribution in [1.82, 2.24) is 15.4 Å². The van der Waals surface area contributed by atoms with E-state index < -0.39 is 0 Å². The molecule has 154 valence electrons. The van der Waals surface area contributed by atoms with Crippen LogP contribution in [-0.2, 0) is 5.75 Å². The van der Waals surface area contributed by atoms with Gasteiger partial charge in [0, 0.05) is 22.7 Å². The monoisotopic (exact) mass is 418 g/mol. The number of hydrogen-bond acceptors (Lipinski definition) is 5. The standard InChI is InChI=1S/C24H26N4OS/c1-4-8-22(20-9-6-5-7-10-20)27-28-23(29)21-13-11-19(12-14-21)16-30-24-25-17(2)15-18(3)26-24/h5-7,9-15H,4,8,16H2,1-3H3,(H,28,29)/b27-22-. The molecule has 0 fully saturated rings. The predicted octanol–water partition coefficient (Wildman–Crippen LogP) is 5.32. The maximum Gasteiger partial charge on any atom is 0.271 e. The largest absolute Gasteiger partial charge is 0.271 e. The highest BCUT2D eigenvalue weighted by atomic mass is 32.2. The zero-order chi connectivity index (χ0) is 21.3. The Morgan fingerprint density at radius 3 is 2.27 bits per heavy atom. The number of carbonyl (C=O) groups excluding carboxylic acids is 1. The van der Waals surface area contributed by atoms with Crippen LogP contribution in [-0.4, -0.2) is 21.6 Å². The van der Waals surface area contributed by atoms with Gasteiger partial charge in [-0.05, 0) is 49.6 Å². The lowest BCUT2D eigenvalue weighted by Crippen LogP contribution is -2.20. The first-order valence-electron chi connectivity index (χ1n) is 10.0. The van der Waals surface area contributed by atoms with E-state index in [2.05, 4.69) is 27.4 Å². The van der Waals surface area contributed by atoms with Crippen LogP contribution in [0.2, 0.25) is 0 Å². The zero-order valence-electron chi connectivity index (χ0n) is 17.6. The Morgan fingerprint density at radius 2 is 1.63 bits per heavy atom. The van der Waals surface area contributed by atoms with E-state index in [-0.39, 0.29) is 5.91 Å². The molecule has 3 aromatic rings. The van der Waals surface area contributed by atoms with Crippen molar-refractivity contribution in [1.29, 1.82) is 0 Å². The SMILES string of the molecule is CCC/C(=N/NC(=O)c1ccc(CSc2nc(C)cc(C)n2)cc1)c1ccccc1. The minimum atomic E-state index is -0.212. The van der Waals surface area contributed by atoms with Gasteiger partial charge in [-0.15, -0.1) is 0 Å². The number of hydrazone groups is 1. The lowest BCUT2D eigenvalue weighted by Gasteiger charge is -2.07. The van der Waals surface area contributed by atoms with Crippen LogP contribution < -0.4 is 5.43 Å². The summed E-state index contributed by atoms with van der Waals surface area (Å²) in [5, 5.41) is 5.14. The van der Waals surface area contributed by atoms with Gasteiger partial charge in [-0.25, -0.2) is 15.4 Å². The van der Waals surface area contributed by atoms with Crippen LogP contribution in [0.5, 0.6) is 0 Å². The highest BCUT2D eigenvalue weighted by molar-refractivity contribution is 7.98. The molecule has 1 amide bonds. The van der Waals surface area contributed by atoms with Crippen molar-refractivity contribution in [2.45, 2.75) is 44.5 Å². The molecule has 0 aliphatic rings. The van der Waals surface area contributed by atoms with Gasteiger partial charge in [0.25, 0.3) is 5.91 Å². The number of hydrogen-bond donors (Lipinski definition) is 1. The Morgan fingerprint density at radius 1 is 0.967 bits per heavy atom. The highest BCUT2D eigenvalue weighted by Crippen LogP contribution is 2.20. The molecule has 0 unspecified atom stereocenters. The molecule has 0 bridgehead atoms. The Hall–Kier alpha value is -2.99. The number of benzene rings is 2. The summed E-state index contributed by atoms with van der Waals surface area (Å²) in [4.78, 5) is 21.4. The molecular weight excluding hydrogens is 392 g/mol. The molecule has 0 spiro atoms. The number of aryl methyl sites for hydroxylation is 2. The summed E-state index contributed by atoms with van der Waals surface area (Å²) in [6.45, 7) is 6.04. The molecule has 5 nitrogen and oxygen atoms in total. The number of amides is 1. The first-order valence-corrected chi connectivity index (χ1v) is 11.0. The summed E-state index contributed by atoms with van der Waals surface area (Å²) in [5.74, 6) is 0.536. The van der Waals surface area contributed by atoms with E-state index in [4.69, 9.17) is 0 Å². The van der Waals surface area contributed by atoms with E-state index in [9.17, 15) is 4.79 Å². The van der Waals surface area contributed by atoms with Crippen LogP contribution in [0.3, 0.4) is 0 Å². The molecule has 0 saturated carbocycles. The van der Waals surface area contributed by atoms with Gasteiger partial charge in [0.05, 0.1) is 5.71 Å². The second kappa shape index (κ2) is 10.7. The van der Waals surface area contributed by atoms with Gasteiger partial charge in [0.1, 0.15) is 0 Å². The first kappa shape index (κ1) is 21.7. The third-order valence-electron chi connectivity index (χ3n) is 4.43. The van der Waals surface area contributed by atoms with Crippen molar-refractivity contribution in [2.75, 3.05) is 0 Å². The number of nitrogens with zero attached hydrogens (tertiary/aromatic N) is 3. The Bertz CT molecular complexity index is 997. The maximum absolute atomic E-state index is 12.5. The van der Waals surface area contributed by atoms with Crippen molar-refractivity contribution in [3.8, 4) is 0 Å². The Kier molecular flexibility index (Phi) is 7.74. The fourth-order valence-corrected chi connectivity index (χ4v) is 3.88. The van der Waals surface area contributed by atoms with Gasteiger partial charge in [0.2, 0.25) is 0 Å². The van der Waals surface area contributed by atoms with Crippen LogP contribution in [0.4, 0.5) is 0 Å². The average Bonchev–Trinajstić information content (AvgIpc) is 2.75. The van der Waals surface area contributed by atoms with Crippen LogP contribution in [0.1, 0.15) is 52.6 Å². The van der Waals surface area contributed by atoms with E-state index in [1.54, 1.807) is 11.8 Å². The molecule has 1 heterocycles. The Labute approximate surface area is 182 Å². The molecule has 1 aromatic heterocycles. The van der Waals surface area contributed by atoms with E-state index in [0.29, 0.717) is 5.56 Å². The molecular formula is C24H26N4OS. The third-order valence-corrected chi connectivity index (χ3v) is 5.35. The molecule has 0 aliphatic heterocycles. The normalized spacial score (nSPS) is 11.4. The van der Waals surface area contributed by atoms with Crippen molar-refractivity contribution in [3.05, 3.63) is 88.7 Å². The summed E-state index contributed by atoms with van der Waals surface area (Å²) < 4.78 is 0. The van der Waals surface area contributed by atoms with E-state index in [1.807, 2.05) is 74.5 Å². The quantitative estimate of drug-likeness (QED) is 0.233.